The van der Waals surface area contributed by atoms with E-state index in [4.69, 9.17) is 0 Å². The number of benzene rings is 1. The van der Waals surface area contributed by atoms with Crippen LogP contribution < -0.4 is 5.32 Å². The molecule has 2 aliphatic rings. The lowest BCUT2D eigenvalue weighted by Gasteiger charge is -2.27. The summed E-state index contributed by atoms with van der Waals surface area (Å²) >= 11 is 0. The zero-order valence-electron chi connectivity index (χ0n) is 15.1. The fraction of sp³-hybridized carbons (Fsp3) is 0.650. The molecule has 3 atom stereocenters. The largest absolute Gasteiger partial charge is 0.348 e. The van der Waals surface area contributed by atoms with Gasteiger partial charge in [-0.3, -0.25) is 4.79 Å². The molecule has 1 N–H and O–H groups in total. The fourth-order valence-corrected chi connectivity index (χ4v) is 4.15. The summed E-state index contributed by atoms with van der Waals surface area (Å²) in [6.45, 7) is 13.9. The van der Waals surface area contributed by atoms with Gasteiger partial charge in [0.1, 0.15) is 0 Å². The molecular weight excluding hydrogens is 284 g/mol. The SMILES string of the molecule is CC(C)CN1C[C@@H]2[C@H](NC(=O)C(C)(C)C)c3ccccc3[C@@H]2C1. The minimum atomic E-state index is -0.344. The highest BCUT2D eigenvalue weighted by molar-refractivity contribution is 5.82. The van der Waals surface area contributed by atoms with Crippen LogP contribution >= 0.6 is 0 Å². The van der Waals surface area contributed by atoms with Gasteiger partial charge in [-0.25, -0.2) is 0 Å². The van der Waals surface area contributed by atoms with Crippen molar-refractivity contribution in [3.05, 3.63) is 35.4 Å². The summed E-state index contributed by atoms with van der Waals surface area (Å²) in [6, 6.07) is 8.86. The van der Waals surface area contributed by atoms with Crippen molar-refractivity contribution in [3.63, 3.8) is 0 Å². The summed E-state index contributed by atoms with van der Waals surface area (Å²) in [7, 11) is 0. The monoisotopic (exact) mass is 314 g/mol. The van der Waals surface area contributed by atoms with E-state index in [0.717, 1.165) is 19.6 Å². The van der Waals surface area contributed by atoms with E-state index in [2.05, 4.69) is 48.3 Å². The molecule has 1 heterocycles. The number of fused-ring (bicyclic) bond motifs is 3. The average Bonchev–Trinajstić information content (AvgIpc) is 2.96. The zero-order chi connectivity index (χ0) is 16.8. The molecule has 0 saturated carbocycles. The number of hydrogen-bond acceptors (Lipinski definition) is 2. The summed E-state index contributed by atoms with van der Waals surface area (Å²) in [5, 5.41) is 3.35. The molecule has 0 aromatic heterocycles. The summed E-state index contributed by atoms with van der Waals surface area (Å²) in [5.41, 5.74) is 2.44. The van der Waals surface area contributed by atoms with Crippen molar-refractivity contribution < 1.29 is 4.79 Å². The molecule has 126 valence electrons. The second-order valence-corrected chi connectivity index (χ2v) is 8.71. The van der Waals surface area contributed by atoms with Gasteiger partial charge in [0.15, 0.2) is 0 Å². The van der Waals surface area contributed by atoms with Crippen LogP contribution in [0.5, 0.6) is 0 Å². The Labute approximate surface area is 140 Å². The zero-order valence-corrected chi connectivity index (χ0v) is 15.1. The molecule has 0 unspecified atom stereocenters. The third-order valence-electron chi connectivity index (χ3n) is 5.19. The van der Waals surface area contributed by atoms with Crippen LogP contribution in [-0.4, -0.2) is 30.4 Å². The summed E-state index contributed by atoms with van der Waals surface area (Å²) in [5.74, 6) is 1.92. The highest BCUT2D eigenvalue weighted by Gasteiger charge is 2.47. The number of hydrogen-bond donors (Lipinski definition) is 1. The molecule has 23 heavy (non-hydrogen) atoms. The van der Waals surface area contributed by atoms with Crippen molar-refractivity contribution in [2.24, 2.45) is 17.3 Å². The Balaban J connectivity index is 1.85. The van der Waals surface area contributed by atoms with Crippen molar-refractivity contribution in [1.29, 1.82) is 0 Å². The van der Waals surface area contributed by atoms with Gasteiger partial charge in [0, 0.05) is 36.9 Å². The number of amides is 1. The first kappa shape index (κ1) is 16.5. The lowest BCUT2D eigenvalue weighted by Crippen LogP contribution is -2.40. The van der Waals surface area contributed by atoms with Crippen molar-refractivity contribution in [1.82, 2.24) is 10.2 Å². The Kier molecular flexibility index (Phi) is 4.26. The molecule has 3 heteroatoms. The maximum Gasteiger partial charge on any atom is 0.225 e. The van der Waals surface area contributed by atoms with Gasteiger partial charge in [0.25, 0.3) is 0 Å². The molecule has 1 aliphatic carbocycles. The first-order valence-corrected chi connectivity index (χ1v) is 8.89. The van der Waals surface area contributed by atoms with E-state index >= 15 is 0 Å². The predicted octanol–water partition coefficient (Wildman–Crippen LogP) is 3.58. The van der Waals surface area contributed by atoms with Crippen LogP contribution in [0, 0.1) is 17.3 Å². The van der Waals surface area contributed by atoms with Crippen molar-refractivity contribution in [2.45, 2.75) is 46.6 Å². The molecule has 0 radical (unpaired) electrons. The smallest absolute Gasteiger partial charge is 0.225 e. The summed E-state index contributed by atoms with van der Waals surface area (Å²) in [6.07, 6.45) is 0. The van der Waals surface area contributed by atoms with E-state index in [1.807, 2.05) is 20.8 Å². The van der Waals surface area contributed by atoms with Crippen LogP contribution in [0.15, 0.2) is 24.3 Å². The van der Waals surface area contributed by atoms with E-state index in [-0.39, 0.29) is 17.4 Å². The lowest BCUT2D eigenvalue weighted by molar-refractivity contribution is -0.129. The number of carbonyl (C=O) groups is 1. The average molecular weight is 314 g/mol. The van der Waals surface area contributed by atoms with Gasteiger partial charge in [-0.05, 0) is 17.0 Å². The fourth-order valence-electron chi connectivity index (χ4n) is 4.15. The van der Waals surface area contributed by atoms with Crippen LogP contribution in [0.1, 0.15) is 57.7 Å². The first-order valence-electron chi connectivity index (χ1n) is 8.89. The third-order valence-corrected chi connectivity index (χ3v) is 5.19. The third kappa shape index (κ3) is 3.16. The van der Waals surface area contributed by atoms with Crippen molar-refractivity contribution >= 4 is 5.91 Å². The van der Waals surface area contributed by atoms with Crippen LogP contribution in [0.2, 0.25) is 0 Å². The Bertz CT molecular complexity index is 588. The molecule has 0 spiro atoms. The van der Waals surface area contributed by atoms with E-state index in [0.29, 0.717) is 17.8 Å². The van der Waals surface area contributed by atoms with Crippen LogP contribution in [0.4, 0.5) is 0 Å². The topological polar surface area (TPSA) is 32.3 Å². The number of carbonyl (C=O) groups excluding carboxylic acids is 1. The van der Waals surface area contributed by atoms with Gasteiger partial charge in [-0.15, -0.1) is 0 Å². The predicted molar refractivity (Wildman–Crippen MR) is 94.3 cm³/mol. The maximum absolute atomic E-state index is 12.6. The van der Waals surface area contributed by atoms with E-state index in [1.165, 1.54) is 11.1 Å². The molecule has 3 nitrogen and oxygen atoms in total. The molecule has 1 fully saturated rings. The van der Waals surface area contributed by atoms with E-state index in [1.54, 1.807) is 0 Å². The van der Waals surface area contributed by atoms with Gasteiger partial charge in [-0.1, -0.05) is 58.9 Å². The molecule has 1 aliphatic heterocycles. The number of rotatable bonds is 3. The Morgan fingerprint density at radius 3 is 2.48 bits per heavy atom. The lowest BCUT2D eigenvalue weighted by atomic mass is 9.91. The Hall–Kier alpha value is -1.35. The molecule has 3 rings (SSSR count). The van der Waals surface area contributed by atoms with Gasteiger partial charge in [-0.2, -0.15) is 0 Å². The van der Waals surface area contributed by atoms with Crippen LogP contribution in [0.25, 0.3) is 0 Å². The number of likely N-dealkylation sites (tertiary alicyclic amines) is 1. The Morgan fingerprint density at radius 1 is 1.22 bits per heavy atom. The summed E-state index contributed by atoms with van der Waals surface area (Å²) < 4.78 is 0. The molecule has 1 aromatic carbocycles. The standard InChI is InChI=1S/C20H30N2O/c1-13(2)10-22-11-16-14-8-6-7-9-15(14)18(17(16)12-22)21-19(23)20(3,4)5/h6-9,13,16-18H,10-12H2,1-5H3,(H,21,23)/t16-,17-,18+/m0/s1. The van der Waals surface area contributed by atoms with Gasteiger partial charge in [0.05, 0.1) is 6.04 Å². The van der Waals surface area contributed by atoms with Crippen LogP contribution in [0.3, 0.4) is 0 Å². The first-order chi connectivity index (χ1) is 10.8. The second kappa shape index (κ2) is 5.94. The molecule has 1 amide bonds. The van der Waals surface area contributed by atoms with E-state index < -0.39 is 0 Å². The second-order valence-electron chi connectivity index (χ2n) is 8.71. The minimum Gasteiger partial charge on any atom is -0.348 e. The quantitative estimate of drug-likeness (QED) is 0.925. The maximum atomic E-state index is 12.6. The van der Waals surface area contributed by atoms with Gasteiger partial charge >= 0.3 is 0 Å². The van der Waals surface area contributed by atoms with Crippen molar-refractivity contribution in [3.8, 4) is 0 Å². The van der Waals surface area contributed by atoms with Crippen LogP contribution in [-0.2, 0) is 4.79 Å². The highest BCUT2D eigenvalue weighted by atomic mass is 16.2. The van der Waals surface area contributed by atoms with Crippen molar-refractivity contribution in [2.75, 3.05) is 19.6 Å². The van der Waals surface area contributed by atoms with Gasteiger partial charge < -0.3 is 10.2 Å². The number of nitrogens with zero attached hydrogens (tertiary/aromatic N) is 1. The highest BCUT2D eigenvalue weighted by Crippen LogP contribution is 2.49. The van der Waals surface area contributed by atoms with E-state index in [9.17, 15) is 4.79 Å². The molecule has 1 aromatic rings. The van der Waals surface area contributed by atoms with Gasteiger partial charge in [0.2, 0.25) is 5.91 Å². The molecule has 1 saturated heterocycles. The minimum absolute atomic E-state index is 0.153. The molecular formula is C20H30N2O. The Morgan fingerprint density at radius 2 is 1.87 bits per heavy atom. The molecule has 0 bridgehead atoms. The number of nitrogens with one attached hydrogen (secondary N) is 1. The normalized spacial score (nSPS) is 27.1. The summed E-state index contributed by atoms with van der Waals surface area (Å²) in [4.78, 5) is 15.1.